The number of nitrogens with zero attached hydrogens (tertiary/aromatic N) is 1. The summed E-state index contributed by atoms with van der Waals surface area (Å²) in [7, 11) is 0. The molecule has 4 nitrogen and oxygen atoms in total. The van der Waals surface area contributed by atoms with Gasteiger partial charge in [-0.2, -0.15) is 0 Å². The predicted octanol–water partition coefficient (Wildman–Crippen LogP) is 1.16. The molecule has 0 fully saturated rings. The largest absolute Gasteiger partial charge is 0.346 e. The lowest BCUT2D eigenvalue weighted by atomic mass is 10.3. The molecule has 2 amide bonds. The first kappa shape index (κ1) is 13.9. The van der Waals surface area contributed by atoms with E-state index in [4.69, 9.17) is 0 Å². The average molecular weight is 214 g/mol. The van der Waals surface area contributed by atoms with Crippen LogP contribution in [-0.2, 0) is 9.59 Å². The minimum absolute atomic E-state index is 0.00607. The van der Waals surface area contributed by atoms with Gasteiger partial charge in [-0.1, -0.05) is 13.8 Å². The third kappa shape index (κ3) is 5.40. The van der Waals surface area contributed by atoms with Crippen LogP contribution < -0.4 is 5.32 Å². The van der Waals surface area contributed by atoms with Crippen LogP contribution in [0.4, 0.5) is 0 Å². The molecule has 0 unspecified atom stereocenters. The number of hydrogen-bond acceptors (Lipinski definition) is 2. The van der Waals surface area contributed by atoms with E-state index in [1.807, 2.05) is 27.7 Å². The van der Waals surface area contributed by atoms with E-state index in [9.17, 15) is 9.59 Å². The fraction of sp³-hybridized carbons (Fsp3) is 0.818. The number of hydrogen-bond donors (Lipinski definition) is 1. The highest BCUT2D eigenvalue weighted by Crippen LogP contribution is 1.96. The lowest BCUT2D eigenvalue weighted by Gasteiger charge is -2.21. The van der Waals surface area contributed by atoms with Crippen LogP contribution in [-0.4, -0.2) is 35.8 Å². The van der Waals surface area contributed by atoms with E-state index in [-0.39, 0.29) is 6.04 Å². The number of amides is 2. The van der Waals surface area contributed by atoms with Crippen LogP contribution in [0.3, 0.4) is 0 Å². The van der Waals surface area contributed by atoms with E-state index >= 15 is 0 Å². The highest BCUT2D eigenvalue weighted by atomic mass is 16.2. The minimum Gasteiger partial charge on any atom is -0.346 e. The predicted molar refractivity (Wildman–Crippen MR) is 60.4 cm³/mol. The van der Waals surface area contributed by atoms with Crippen molar-refractivity contribution in [3.63, 3.8) is 0 Å². The molecular formula is C11H22N2O2. The van der Waals surface area contributed by atoms with Crippen molar-refractivity contribution < 1.29 is 9.59 Å². The van der Waals surface area contributed by atoms with Gasteiger partial charge in [-0.15, -0.1) is 0 Å². The van der Waals surface area contributed by atoms with Crippen molar-refractivity contribution >= 4 is 11.8 Å². The quantitative estimate of drug-likeness (QED) is 0.698. The molecule has 0 aromatic carbocycles. The van der Waals surface area contributed by atoms with Crippen molar-refractivity contribution in [1.82, 2.24) is 10.2 Å². The van der Waals surface area contributed by atoms with Gasteiger partial charge >= 0.3 is 11.8 Å². The summed E-state index contributed by atoms with van der Waals surface area (Å²) in [5, 5.41) is 2.61. The summed E-state index contributed by atoms with van der Waals surface area (Å²) >= 11 is 0. The highest BCUT2D eigenvalue weighted by Gasteiger charge is 2.20. The van der Waals surface area contributed by atoms with Gasteiger partial charge in [-0.3, -0.25) is 9.59 Å². The zero-order valence-electron chi connectivity index (χ0n) is 10.2. The molecule has 4 heteroatoms. The van der Waals surface area contributed by atoms with E-state index in [0.717, 1.165) is 12.8 Å². The molecule has 0 rings (SSSR count). The zero-order valence-corrected chi connectivity index (χ0v) is 10.2. The second kappa shape index (κ2) is 7.26. The molecule has 0 aliphatic carbocycles. The Hall–Kier alpha value is -1.06. The van der Waals surface area contributed by atoms with Crippen LogP contribution in [0, 0.1) is 0 Å². The number of carbonyl (C=O) groups is 2. The summed E-state index contributed by atoms with van der Waals surface area (Å²) in [5.41, 5.74) is 0. The fourth-order valence-electron chi connectivity index (χ4n) is 1.32. The standard InChI is InChI=1S/C11H22N2O2/c1-5-7-13(8-6-2)11(15)10(14)12-9(3)4/h9H,5-8H2,1-4H3,(H,12,14). The maximum Gasteiger partial charge on any atom is 0.311 e. The molecule has 1 N–H and O–H groups in total. The molecule has 0 aromatic heterocycles. The molecule has 0 aliphatic heterocycles. The Morgan fingerprint density at radius 1 is 1.13 bits per heavy atom. The summed E-state index contributed by atoms with van der Waals surface area (Å²) in [5.74, 6) is -0.903. The Balaban J connectivity index is 4.28. The lowest BCUT2D eigenvalue weighted by molar-refractivity contribution is -0.146. The van der Waals surface area contributed by atoms with E-state index in [1.54, 1.807) is 4.90 Å². The topological polar surface area (TPSA) is 49.4 Å². The highest BCUT2D eigenvalue weighted by molar-refractivity contribution is 6.35. The third-order valence-corrected chi connectivity index (χ3v) is 1.89. The molecule has 0 bridgehead atoms. The monoisotopic (exact) mass is 214 g/mol. The SMILES string of the molecule is CCCN(CCC)C(=O)C(=O)NC(C)C. The molecule has 0 saturated carbocycles. The van der Waals surface area contributed by atoms with Gasteiger partial charge in [0.1, 0.15) is 0 Å². The van der Waals surface area contributed by atoms with Gasteiger partial charge in [0.2, 0.25) is 0 Å². The van der Waals surface area contributed by atoms with Gasteiger partial charge < -0.3 is 10.2 Å². The van der Waals surface area contributed by atoms with Gasteiger partial charge in [0.15, 0.2) is 0 Å². The normalized spacial score (nSPS) is 10.2. The Labute approximate surface area is 92.0 Å². The van der Waals surface area contributed by atoms with Crippen molar-refractivity contribution in [1.29, 1.82) is 0 Å². The first-order valence-corrected chi connectivity index (χ1v) is 5.62. The summed E-state index contributed by atoms with van der Waals surface area (Å²) in [4.78, 5) is 24.7. The second-order valence-electron chi connectivity index (χ2n) is 3.92. The van der Waals surface area contributed by atoms with E-state index in [0.29, 0.717) is 13.1 Å². The molecule has 0 saturated heterocycles. The third-order valence-electron chi connectivity index (χ3n) is 1.89. The van der Waals surface area contributed by atoms with Crippen LogP contribution in [0.1, 0.15) is 40.5 Å². The zero-order chi connectivity index (χ0) is 11.8. The van der Waals surface area contributed by atoms with Gasteiger partial charge in [-0.05, 0) is 26.7 Å². The molecule has 15 heavy (non-hydrogen) atoms. The van der Waals surface area contributed by atoms with Crippen molar-refractivity contribution in [2.75, 3.05) is 13.1 Å². The summed E-state index contributed by atoms with van der Waals surface area (Å²) in [6.07, 6.45) is 1.75. The number of rotatable bonds is 5. The molecule has 0 atom stereocenters. The van der Waals surface area contributed by atoms with E-state index in [1.165, 1.54) is 0 Å². The maximum absolute atomic E-state index is 11.7. The number of carbonyl (C=O) groups excluding carboxylic acids is 2. The molecule has 0 heterocycles. The molecule has 88 valence electrons. The molecule has 0 radical (unpaired) electrons. The first-order valence-electron chi connectivity index (χ1n) is 5.62. The Morgan fingerprint density at radius 3 is 1.93 bits per heavy atom. The summed E-state index contributed by atoms with van der Waals surface area (Å²) in [6, 6.07) is 0.00607. The van der Waals surface area contributed by atoms with Gasteiger partial charge in [0.05, 0.1) is 0 Å². The van der Waals surface area contributed by atoms with Crippen molar-refractivity contribution in [3.05, 3.63) is 0 Å². The van der Waals surface area contributed by atoms with Crippen molar-refractivity contribution in [2.24, 2.45) is 0 Å². The van der Waals surface area contributed by atoms with Gasteiger partial charge in [0.25, 0.3) is 0 Å². The van der Waals surface area contributed by atoms with Crippen LogP contribution in [0.5, 0.6) is 0 Å². The Kier molecular flexibility index (Phi) is 6.75. The average Bonchev–Trinajstić information content (AvgIpc) is 2.15. The summed E-state index contributed by atoms with van der Waals surface area (Å²) < 4.78 is 0. The van der Waals surface area contributed by atoms with Crippen molar-refractivity contribution in [3.8, 4) is 0 Å². The van der Waals surface area contributed by atoms with Crippen LogP contribution in [0.15, 0.2) is 0 Å². The van der Waals surface area contributed by atoms with E-state index < -0.39 is 11.8 Å². The maximum atomic E-state index is 11.7. The van der Waals surface area contributed by atoms with Crippen LogP contribution in [0.2, 0.25) is 0 Å². The van der Waals surface area contributed by atoms with E-state index in [2.05, 4.69) is 5.32 Å². The number of nitrogens with one attached hydrogen (secondary N) is 1. The van der Waals surface area contributed by atoms with Crippen LogP contribution in [0.25, 0.3) is 0 Å². The lowest BCUT2D eigenvalue weighted by Crippen LogP contribution is -2.45. The molecule has 0 aromatic rings. The summed E-state index contributed by atoms with van der Waals surface area (Å²) in [6.45, 7) is 8.98. The second-order valence-corrected chi connectivity index (χ2v) is 3.92. The first-order chi connectivity index (χ1) is 7.02. The molecular weight excluding hydrogens is 192 g/mol. The molecule has 0 aliphatic rings. The fourth-order valence-corrected chi connectivity index (χ4v) is 1.32. The Morgan fingerprint density at radius 2 is 1.60 bits per heavy atom. The molecule has 0 spiro atoms. The minimum atomic E-state index is -0.494. The van der Waals surface area contributed by atoms with Gasteiger partial charge in [0, 0.05) is 19.1 Å². The Bertz CT molecular complexity index is 209. The van der Waals surface area contributed by atoms with Crippen LogP contribution >= 0.6 is 0 Å². The smallest absolute Gasteiger partial charge is 0.311 e. The van der Waals surface area contributed by atoms with Gasteiger partial charge in [-0.25, -0.2) is 0 Å². The van der Waals surface area contributed by atoms with Crippen molar-refractivity contribution in [2.45, 2.75) is 46.6 Å².